The first-order valence-electron chi connectivity index (χ1n) is 7.24. The second kappa shape index (κ2) is 9.77. The van der Waals surface area contributed by atoms with Crippen molar-refractivity contribution in [2.75, 3.05) is 20.6 Å². The highest BCUT2D eigenvalue weighted by Gasteiger charge is 2.06. The molecule has 0 atom stereocenters. The van der Waals surface area contributed by atoms with Crippen molar-refractivity contribution in [1.29, 1.82) is 0 Å². The molecular formula is C16H23ClIN5. The molecule has 0 radical (unpaired) electrons. The average molecular weight is 448 g/mol. The van der Waals surface area contributed by atoms with Crippen molar-refractivity contribution in [3.8, 4) is 0 Å². The molecule has 0 amide bonds. The van der Waals surface area contributed by atoms with Crippen molar-refractivity contribution in [2.45, 2.75) is 20.0 Å². The van der Waals surface area contributed by atoms with Crippen LogP contribution in [0.3, 0.4) is 0 Å². The first kappa shape index (κ1) is 19.8. The monoisotopic (exact) mass is 447 g/mol. The maximum atomic E-state index is 6.02. The van der Waals surface area contributed by atoms with Gasteiger partial charge in [-0.25, -0.2) is 0 Å². The van der Waals surface area contributed by atoms with Crippen molar-refractivity contribution >= 4 is 41.5 Å². The number of aromatic nitrogens is 2. The summed E-state index contributed by atoms with van der Waals surface area (Å²) in [5.41, 5.74) is 2.32. The van der Waals surface area contributed by atoms with Crippen LogP contribution < -0.4 is 5.32 Å². The van der Waals surface area contributed by atoms with Crippen molar-refractivity contribution in [3.05, 3.63) is 52.8 Å². The van der Waals surface area contributed by atoms with E-state index in [0.717, 1.165) is 36.2 Å². The van der Waals surface area contributed by atoms with Gasteiger partial charge in [0.15, 0.2) is 5.96 Å². The zero-order valence-electron chi connectivity index (χ0n) is 13.7. The van der Waals surface area contributed by atoms with Crippen LogP contribution in [0.4, 0.5) is 0 Å². The Kier molecular flexibility index (Phi) is 8.40. The Morgan fingerprint density at radius 1 is 1.43 bits per heavy atom. The highest BCUT2D eigenvalue weighted by Crippen LogP contribution is 2.12. The van der Waals surface area contributed by atoms with Crippen LogP contribution in [0.2, 0.25) is 5.02 Å². The van der Waals surface area contributed by atoms with Gasteiger partial charge in [-0.05, 0) is 30.2 Å². The van der Waals surface area contributed by atoms with Gasteiger partial charge in [-0.3, -0.25) is 9.67 Å². The highest BCUT2D eigenvalue weighted by molar-refractivity contribution is 14.0. The summed E-state index contributed by atoms with van der Waals surface area (Å²) in [6.07, 6.45) is 3.89. The van der Waals surface area contributed by atoms with Gasteiger partial charge >= 0.3 is 0 Å². The van der Waals surface area contributed by atoms with E-state index in [0.29, 0.717) is 0 Å². The molecule has 0 bridgehead atoms. The van der Waals surface area contributed by atoms with Gasteiger partial charge in [0.2, 0.25) is 0 Å². The summed E-state index contributed by atoms with van der Waals surface area (Å²) >= 11 is 6.02. The van der Waals surface area contributed by atoms with Gasteiger partial charge in [-0.15, -0.1) is 24.0 Å². The molecule has 1 aromatic heterocycles. The largest absolute Gasteiger partial charge is 0.354 e. The molecule has 0 aliphatic carbocycles. The van der Waals surface area contributed by atoms with Crippen molar-refractivity contribution < 1.29 is 0 Å². The number of benzene rings is 1. The molecule has 2 aromatic rings. The smallest absolute Gasteiger partial charge is 0.193 e. The Balaban J connectivity index is 0.00000264. The molecule has 5 nitrogen and oxygen atoms in total. The number of rotatable bonds is 5. The summed E-state index contributed by atoms with van der Waals surface area (Å²) in [6.45, 7) is 4.36. The van der Waals surface area contributed by atoms with Gasteiger partial charge < -0.3 is 10.2 Å². The van der Waals surface area contributed by atoms with Gasteiger partial charge in [-0.1, -0.05) is 23.7 Å². The van der Waals surface area contributed by atoms with E-state index < -0.39 is 0 Å². The third-order valence-corrected chi connectivity index (χ3v) is 3.50. The topological polar surface area (TPSA) is 45.5 Å². The Morgan fingerprint density at radius 2 is 2.22 bits per heavy atom. The van der Waals surface area contributed by atoms with Crippen LogP contribution in [0.5, 0.6) is 0 Å². The first-order chi connectivity index (χ1) is 10.6. The van der Waals surface area contributed by atoms with E-state index in [1.807, 2.05) is 49.2 Å². The number of aryl methyl sites for hydroxylation is 1. The summed E-state index contributed by atoms with van der Waals surface area (Å²) in [4.78, 5) is 6.38. The van der Waals surface area contributed by atoms with Gasteiger partial charge in [0.1, 0.15) is 0 Å². The molecule has 0 saturated heterocycles. The first-order valence-corrected chi connectivity index (χ1v) is 7.61. The second-order valence-corrected chi connectivity index (χ2v) is 5.68. The lowest BCUT2D eigenvalue weighted by Crippen LogP contribution is -2.39. The second-order valence-electron chi connectivity index (χ2n) is 5.24. The van der Waals surface area contributed by atoms with Crippen molar-refractivity contribution in [2.24, 2.45) is 4.99 Å². The Hall–Kier alpha value is -1.28. The molecule has 1 aromatic carbocycles. The molecule has 0 unspecified atom stereocenters. The number of hydrogen-bond donors (Lipinski definition) is 1. The Labute approximate surface area is 159 Å². The SMILES string of the molecule is CN=C(NCCn1cc(C)cn1)N(C)Cc1cccc(Cl)c1.I. The molecule has 0 saturated carbocycles. The van der Waals surface area contributed by atoms with Crippen LogP contribution in [0, 0.1) is 6.92 Å². The van der Waals surface area contributed by atoms with E-state index in [2.05, 4.69) is 26.4 Å². The minimum atomic E-state index is 0. The Morgan fingerprint density at radius 3 is 2.83 bits per heavy atom. The lowest BCUT2D eigenvalue weighted by molar-refractivity contribution is 0.470. The fourth-order valence-corrected chi connectivity index (χ4v) is 2.45. The lowest BCUT2D eigenvalue weighted by Gasteiger charge is -2.22. The minimum Gasteiger partial charge on any atom is -0.354 e. The highest BCUT2D eigenvalue weighted by atomic mass is 127. The quantitative estimate of drug-likeness (QED) is 0.435. The molecule has 23 heavy (non-hydrogen) atoms. The Bertz CT molecular complexity index is 641. The van der Waals surface area contributed by atoms with Crippen LogP contribution in [0.25, 0.3) is 0 Å². The fraction of sp³-hybridized carbons (Fsp3) is 0.375. The molecule has 0 aliphatic rings. The number of guanidine groups is 1. The maximum Gasteiger partial charge on any atom is 0.193 e. The van der Waals surface area contributed by atoms with Crippen LogP contribution in [-0.4, -0.2) is 41.3 Å². The number of hydrogen-bond acceptors (Lipinski definition) is 2. The summed E-state index contributed by atoms with van der Waals surface area (Å²) in [6, 6.07) is 7.87. The van der Waals surface area contributed by atoms with Gasteiger partial charge in [0.25, 0.3) is 0 Å². The summed E-state index contributed by atoms with van der Waals surface area (Å²) in [5.74, 6) is 0.851. The van der Waals surface area contributed by atoms with Crippen LogP contribution in [-0.2, 0) is 13.1 Å². The number of nitrogens with zero attached hydrogens (tertiary/aromatic N) is 4. The summed E-state index contributed by atoms with van der Waals surface area (Å²) < 4.78 is 1.92. The van der Waals surface area contributed by atoms with Gasteiger partial charge in [0.05, 0.1) is 12.7 Å². The van der Waals surface area contributed by atoms with E-state index >= 15 is 0 Å². The van der Waals surface area contributed by atoms with E-state index in [4.69, 9.17) is 11.6 Å². The molecule has 0 aliphatic heterocycles. The third-order valence-electron chi connectivity index (χ3n) is 3.27. The van der Waals surface area contributed by atoms with E-state index in [1.165, 1.54) is 5.56 Å². The van der Waals surface area contributed by atoms with E-state index in [1.54, 1.807) is 7.05 Å². The van der Waals surface area contributed by atoms with Crippen LogP contribution >= 0.6 is 35.6 Å². The van der Waals surface area contributed by atoms with E-state index in [9.17, 15) is 0 Å². The van der Waals surface area contributed by atoms with Gasteiger partial charge in [-0.2, -0.15) is 5.10 Å². The van der Waals surface area contributed by atoms with Crippen molar-refractivity contribution in [1.82, 2.24) is 20.0 Å². The standard InChI is InChI=1S/C16H22ClN5.HI/c1-13-10-20-22(11-13)8-7-19-16(18-2)21(3)12-14-5-4-6-15(17)9-14;/h4-6,9-11H,7-8,12H2,1-3H3,(H,18,19);1H. The van der Waals surface area contributed by atoms with Crippen LogP contribution in [0.15, 0.2) is 41.7 Å². The zero-order chi connectivity index (χ0) is 15.9. The molecular weight excluding hydrogens is 425 g/mol. The van der Waals surface area contributed by atoms with Gasteiger partial charge in [0, 0.05) is 38.4 Å². The number of nitrogens with one attached hydrogen (secondary N) is 1. The van der Waals surface area contributed by atoms with Crippen LogP contribution in [0.1, 0.15) is 11.1 Å². The molecule has 0 fully saturated rings. The molecule has 7 heteroatoms. The van der Waals surface area contributed by atoms with E-state index in [-0.39, 0.29) is 24.0 Å². The summed E-state index contributed by atoms with van der Waals surface area (Å²) in [7, 11) is 3.79. The average Bonchev–Trinajstić information content (AvgIpc) is 2.89. The van der Waals surface area contributed by atoms with Crippen molar-refractivity contribution in [3.63, 3.8) is 0 Å². The minimum absolute atomic E-state index is 0. The third kappa shape index (κ3) is 6.39. The fourth-order valence-electron chi connectivity index (χ4n) is 2.24. The summed E-state index contributed by atoms with van der Waals surface area (Å²) in [5, 5.41) is 8.37. The molecule has 126 valence electrons. The lowest BCUT2D eigenvalue weighted by atomic mass is 10.2. The number of halogens is 2. The predicted octanol–water partition coefficient (Wildman–Crippen LogP) is 3.17. The number of aliphatic imine (C=N–C) groups is 1. The molecule has 0 spiro atoms. The molecule has 2 rings (SSSR count). The normalized spacial score (nSPS) is 11.0. The molecule has 1 heterocycles. The molecule has 1 N–H and O–H groups in total. The maximum absolute atomic E-state index is 6.02. The zero-order valence-corrected chi connectivity index (χ0v) is 16.7. The predicted molar refractivity (Wildman–Crippen MR) is 107 cm³/mol.